The summed E-state index contributed by atoms with van der Waals surface area (Å²) in [6.07, 6.45) is 3.48. The van der Waals surface area contributed by atoms with Crippen molar-refractivity contribution in [3.05, 3.63) is 34.9 Å². The van der Waals surface area contributed by atoms with Crippen LogP contribution in [0.4, 0.5) is 4.79 Å². The maximum atomic E-state index is 12.8. The number of ether oxygens (including phenoxy) is 2. The van der Waals surface area contributed by atoms with Crippen LogP contribution >= 0.6 is 11.6 Å². The van der Waals surface area contributed by atoms with Crippen molar-refractivity contribution in [2.45, 2.75) is 43.9 Å². The summed E-state index contributed by atoms with van der Waals surface area (Å²) < 4.78 is 10.0. The molecule has 1 atom stereocenters. The van der Waals surface area contributed by atoms with E-state index in [0.29, 0.717) is 30.7 Å². The van der Waals surface area contributed by atoms with Crippen LogP contribution in [0, 0.1) is 5.92 Å². The Hall–Kier alpha value is -2.12. The van der Waals surface area contributed by atoms with Crippen LogP contribution in [-0.4, -0.2) is 44.3 Å². The van der Waals surface area contributed by atoms with E-state index in [4.69, 9.17) is 21.1 Å². The van der Waals surface area contributed by atoms with Gasteiger partial charge in [0.15, 0.2) is 0 Å². The highest BCUT2D eigenvalue weighted by molar-refractivity contribution is 6.31. The van der Waals surface area contributed by atoms with Crippen LogP contribution in [-0.2, 0) is 24.5 Å². The molecule has 2 N–H and O–H groups in total. The topological polar surface area (TPSA) is 93.7 Å². The van der Waals surface area contributed by atoms with Crippen molar-refractivity contribution in [1.82, 2.24) is 10.6 Å². The van der Waals surface area contributed by atoms with E-state index in [1.165, 1.54) is 0 Å². The van der Waals surface area contributed by atoms with E-state index in [2.05, 4.69) is 10.6 Å². The van der Waals surface area contributed by atoms with Crippen LogP contribution in [0.25, 0.3) is 0 Å². The standard InChI is InChI=1S/C21H27ClN2O5/c22-17-6-2-1-5-16(17)21(10-4-3-7-18(21)25)13-24-20(27)29-14-28-19(26)15-8-11-23-12-9-15/h1-2,5-6,15,23H,3-4,7-14H2,(H,24,27)/t21-/m1/s1. The third-order valence-corrected chi connectivity index (χ3v) is 6.11. The highest BCUT2D eigenvalue weighted by Crippen LogP contribution is 2.39. The zero-order chi connectivity index (χ0) is 20.7. The Kier molecular flexibility index (Phi) is 7.50. The van der Waals surface area contributed by atoms with Gasteiger partial charge in [0.1, 0.15) is 5.78 Å². The molecule has 3 rings (SSSR count). The predicted octanol–water partition coefficient (Wildman–Crippen LogP) is 2.95. The lowest BCUT2D eigenvalue weighted by molar-refractivity contribution is -0.157. The number of hydrogen-bond donors (Lipinski definition) is 2. The summed E-state index contributed by atoms with van der Waals surface area (Å²) in [5, 5.41) is 6.35. The molecule has 29 heavy (non-hydrogen) atoms. The second-order valence-electron chi connectivity index (χ2n) is 7.58. The molecule has 0 aromatic heterocycles. The van der Waals surface area contributed by atoms with Crippen LogP contribution < -0.4 is 10.6 Å². The normalized spacial score (nSPS) is 22.7. The van der Waals surface area contributed by atoms with Crippen molar-refractivity contribution in [3.8, 4) is 0 Å². The van der Waals surface area contributed by atoms with Gasteiger partial charge in [0.2, 0.25) is 6.79 Å². The second-order valence-corrected chi connectivity index (χ2v) is 7.99. The number of alkyl carbamates (subject to hydrolysis) is 1. The van der Waals surface area contributed by atoms with Gasteiger partial charge in [-0.05, 0) is 50.4 Å². The molecule has 1 aliphatic carbocycles. The van der Waals surface area contributed by atoms with Crippen molar-refractivity contribution in [2.75, 3.05) is 26.4 Å². The summed E-state index contributed by atoms with van der Waals surface area (Å²) in [5.74, 6) is -0.449. The molecule has 1 aromatic rings. The van der Waals surface area contributed by atoms with E-state index in [1.54, 1.807) is 6.07 Å². The van der Waals surface area contributed by atoms with Gasteiger partial charge in [-0.2, -0.15) is 0 Å². The number of hydrogen-bond acceptors (Lipinski definition) is 6. The number of nitrogens with one attached hydrogen (secondary N) is 2. The second kappa shape index (κ2) is 10.1. The Bertz CT molecular complexity index is 750. The third-order valence-electron chi connectivity index (χ3n) is 5.78. The molecule has 0 spiro atoms. The predicted molar refractivity (Wildman–Crippen MR) is 108 cm³/mol. The summed E-state index contributed by atoms with van der Waals surface area (Å²) in [6, 6.07) is 7.23. The summed E-state index contributed by atoms with van der Waals surface area (Å²) in [4.78, 5) is 36.9. The van der Waals surface area contributed by atoms with Crippen molar-refractivity contribution in [3.63, 3.8) is 0 Å². The van der Waals surface area contributed by atoms with Gasteiger partial charge in [0.05, 0.1) is 11.3 Å². The van der Waals surface area contributed by atoms with Crippen LogP contribution in [0.1, 0.15) is 44.1 Å². The molecule has 0 radical (unpaired) electrons. The molecular weight excluding hydrogens is 396 g/mol. The number of Topliss-reactive ketones (excluding diaryl/α,β-unsaturated/α-hetero) is 1. The van der Waals surface area contributed by atoms with Gasteiger partial charge in [-0.1, -0.05) is 36.2 Å². The summed E-state index contributed by atoms with van der Waals surface area (Å²) >= 11 is 6.36. The molecule has 1 aliphatic heterocycles. The SMILES string of the molecule is O=C(NC[C@@]1(c2ccccc2Cl)CCCCC1=O)OCOC(=O)C1CCNCC1. The highest BCUT2D eigenvalue weighted by atomic mass is 35.5. The molecule has 2 fully saturated rings. The Morgan fingerprint density at radius 3 is 2.66 bits per heavy atom. The van der Waals surface area contributed by atoms with E-state index >= 15 is 0 Å². The van der Waals surface area contributed by atoms with E-state index in [-0.39, 0.29) is 24.2 Å². The highest BCUT2D eigenvalue weighted by Gasteiger charge is 2.43. The minimum atomic E-state index is -0.860. The molecule has 0 unspecified atom stereocenters. The molecule has 1 saturated carbocycles. The maximum Gasteiger partial charge on any atom is 0.410 e. The largest absolute Gasteiger partial charge is 0.428 e. The Balaban J connectivity index is 1.54. The van der Waals surface area contributed by atoms with Gasteiger partial charge in [-0.3, -0.25) is 9.59 Å². The minimum Gasteiger partial charge on any atom is -0.428 e. The van der Waals surface area contributed by atoms with Gasteiger partial charge in [-0.15, -0.1) is 0 Å². The molecule has 7 nitrogen and oxygen atoms in total. The molecule has 8 heteroatoms. The first kappa shape index (κ1) is 21.6. The van der Waals surface area contributed by atoms with Crippen LogP contribution in [0.5, 0.6) is 0 Å². The van der Waals surface area contributed by atoms with E-state index < -0.39 is 18.3 Å². The van der Waals surface area contributed by atoms with Crippen molar-refractivity contribution < 1.29 is 23.9 Å². The first-order chi connectivity index (χ1) is 14.0. The first-order valence-electron chi connectivity index (χ1n) is 10.1. The summed E-state index contributed by atoms with van der Waals surface area (Å²) in [5.41, 5.74) is -0.134. The molecule has 1 aromatic carbocycles. The number of piperidine rings is 1. The van der Waals surface area contributed by atoms with Crippen LogP contribution in [0.15, 0.2) is 24.3 Å². The number of carbonyl (C=O) groups excluding carboxylic acids is 3. The van der Waals surface area contributed by atoms with Crippen LogP contribution in [0.3, 0.4) is 0 Å². The lowest BCUT2D eigenvalue weighted by Crippen LogP contribution is -2.48. The smallest absolute Gasteiger partial charge is 0.410 e. The molecule has 1 amide bonds. The van der Waals surface area contributed by atoms with Crippen molar-refractivity contribution >= 4 is 29.4 Å². The number of benzene rings is 1. The fraction of sp³-hybridized carbons (Fsp3) is 0.571. The molecule has 2 aliphatic rings. The van der Waals surface area contributed by atoms with E-state index in [0.717, 1.165) is 31.5 Å². The maximum absolute atomic E-state index is 12.8. The molecular formula is C21H27ClN2O5. The van der Waals surface area contributed by atoms with Crippen molar-refractivity contribution in [1.29, 1.82) is 0 Å². The minimum absolute atomic E-state index is 0.0643. The third kappa shape index (κ3) is 5.28. The first-order valence-corrected chi connectivity index (χ1v) is 10.5. The Labute approximate surface area is 175 Å². The molecule has 158 valence electrons. The molecule has 0 bridgehead atoms. The zero-order valence-corrected chi connectivity index (χ0v) is 17.1. The van der Waals surface area contributed by atoms with Gasteiger partial charge in [-0.25, -0.2) is 4.79 Å². The fourth-order valence-corrected chi connectivity index (χ4v) is 4.41. The number of carbonyl (C=O) groups is 3. The number of rotatable bonds is 6. The quantitative estimate of drug-likeness (QED) is 0.540. The fourth-order valence-electron chi connectivity index (χ4n) is 4.10. The van der Waals surface area contributed by atoms with Gasteiger partial charge < -0.3 is 20.1 Å². The number of halogens is 1. The van der Waals surface area contributed by atoms with Gasteiger partial charge >= 0.3 is 12.1 Å². The molecule has 1 saturated heterocycles. The van der Waals surface area contributed by atoms with E-state index in [1.807, 2.05) is 18.2 Å². The number of amides is 1. The number of ketones is 1. The average Bonchev–Trinajstić information content (AvgIpc) is 2.74. The zero-order valence-electron chi connectivity index (χ0n) is 16.4. The number of esters is 1. The van der Waals surface area contributed by atoms with E-state index in [9.17, 15) is 14.4 Å². The lowest BCUT2D eigenvalue weighted by atomic mass is 9.68. The summed E-state index contributed by atoms with van der Waals surface area (Å²) in [7, 11) is 0. The van der Waals surface area contributed by atoms with Gasteiger partial charge in [0, 0.05) is 18.0 Å². The molecule has 1 heterocycles. The Morgan fingerprint density at radius 1 is 1.17 bits per heavy atom. The average molecular weight is 423 g/mol. The van der Waals surface area contributed by atoms with Gasteiger partial charge in [0.25, 0.3) is 0 Å². The van der Waals surface area contributed by atoms with Crippen molar-refractivity contribution in [2.24, 2.45) is 5.92 Å². The van der Waals surface area contributed by atoms with Crippen LogP contribution in [0.2, 0.25) is 5.02 Å². The summed E-state index contributed by atoms with van der Waals surface area (Å²) in [6.45, 7) is 1.21. The lowest BCUT2D eigenvalue weighted by Gasteiger charge is -2.36. The Morgan fingerprint density at radius 2 is 1.93 bits per heavy atom. The monoisotopic (exact) mass is 422 g/mol.